The molecule has 0 aliphatic carbocycles. The normalized spacial score (nSPS) is 11.9. The average molecular weight is 418 g/mol. The summed E-state index contributed by atoms with van der Waals surface area (Å²) >= 11 is 0. The van der Waals surface area contributed by atoms with Crippen LogP contribution >= 0.6 is 0 Å². The third-order valence-electron chi connectivity index (χ3n) is 4.58. The second kappa shape index (κ2) is 10.8. The molecule has 0 atom stereocenters. The van der Waals surface area contributed by atoms with Gasteiger partial charge in [-0.25, -0.2) is 13.1 Å². The molecule has 0 saturated carbocycles. The van der Waals surface area contributed by atoms with Crippen LogP contribution in [-0.4, -0.2) is 48.1 Å². The molecule has 0 aliphatic heterocycles. The molecular weight excluding hydrogens is 386 g/mol. The lowest BCUT2D eigenvalue weighted by Crippen LogP contribution is -2.41. The van der Waals surface area contributed by atoms with E-state index in [1.165, 1.54) is 18.3 Å². The van der Waals surface area contributed by atoms with Crippen LogP contribution in [0.5, 0.6) is 0 Å². The number of aliphatic imine (C=N–C) groups is 1. The number of nitrogens with one attached hydrogen (secondary N) is 3. The summed E-state index contributed by atoms with van der Waals surface area (Å²) in [6, 6.07) is 15.3. The summed E-state index contributed by atoms with van der Waals surface area (Å²) in [6.07, 6.45) is 0. The Morgan fingerprint density at radius 2 is 1.86 bits per heavy atom. The molecule has 2 rings (SSSR count). The molecule has 29 heavy (non-hydrogen) atoms. The third-order valence-corrected chi connectivity index (χ3v) is 6.00. The number of aryl methyl sites for hydroxylation is 1. The first kappa shape index (κ1) is 22.7. The zero-order valence-electron chi connectivity index (χ0n) is 17.6. The van der Waals surface area contributed by atoms with Crippen molar-refractivity contribution in [3.8, 4) is 0 Å². The summed E-state index contributed by atoms with van der Waals surface area (Å²) in [5.41, 5.74) is 3.31. The predicted molar refractivity (Wildman–Crippen MR) is 120 cm³/mol. The zero-order chi connectivity index (χ0) is 21.3. The van der Waals surface area contributed by atoms with E-state index in [0.717, 1.165) is 25.2 Å². The molecule has 7 nitrogen and oxygen atoms in total. The van der Waals surface area contributed by atoms with E-state index in [1.54, 1.807) is 25.2 Å². The molecule has 2 aromatic carbocycles. The van der Waals surface area contributed by atoms with Crippen LogP contribution in [0.25, 0.3) is 0 Å². The Morgan fingerprint density at radius 3 is 2.52 bits per heavy atom. The summed E-state index contributed by atoms with van der Waals surface area (Å²) in [5.74, 6) is 0.673. The van der Waals surface area contributed by atoms with Crippen molar-refractivity contribution in [1.29, 1.82) is 0 Å². The minimum atomic E-state index is -3.45. The van der Waals surface area contributed by atoms with Crippen LogP contribution < -0.4 is 20.3 Å². The van der Waals surface area contributed by atoms with E-state index in [1.807, 2.05) is 6.07 Å². The van der Waals surface area contributed by atoms with E-state index >= 15 is 0 Å². The highest BCUT2D eigenvalue weighted by Crippen LogP contribution is 2.15. The van der Waals surface area contributed by atoms with E-state index in [4.69, 9.17) is 0 Å². The van der Waals surface area contributed by atoms with E-state index in [0.29, 0.717) is 12.5 Å². The first-order valence-corrected chi connectivity index (χ1v) is 11.2. The van der Waals surface area contributed by atoms with Gasteiger partial charge in [0.15, 0.2) is 5.96 Å². The summed E-state index contributed by atoms with van der Waals surface area (Å²) in [7, 11) is -0.327. The first-order valence-electron chi connectivity index (χ1n) is 9.68. The number of guanidine groups is 1. The van der Waals surface area contributed by atoms with Gasteiger partial charge in [-0.2, -0.15) is 0 Å². The average Bonchev–Trinajstić information content (AvgIpc) is 2.73. The van der Waals surface area contributed by atoms with Gasteiger partial charge in [0.25, 0.3) is 0 Å². The molecule has 0 bridgehead atoms. The van der Waals surface area contributed by atoms with Gasteiger partial charge < -0.3 is 15.5 Å². The Balaban J connectivity index is 1.89. The molecule has 0 saturated heterocycles. The van der Waals surface area contributed by atoms with Crippen LogP contribution in [0.4, 0.5) is 5.69 Å². The summed E-state index contributed by atoms with van der Waals surface area (Å²) < 4.78 is 26.2. The summed E-state index contributed by atoms with van der Waals surface area (Å²) in [4.78, 5) is 6.80. The zero-order valence-corrected chi connectivity index (χ0v) is 18.4. The van der Waals surface area contributed by atoms with Crippen molar-refractivity contribution < 1.29 is 8.42 Å². The molecule has 0 unspecified atom stereocenters. The molecule has 0 heterocycles. The van der Waals surface area contributed by atoms with Gasteiger partial charge in [0.1, 0.15) is 0 Å². The summed E-state index contributed by atoms with van der Waals surface area (Å²) in [5, 5.41) is 6.54. The third kappa shape index (κ3) is 6.76. The molecule has 0 amide bonds. The monoisotopic (exact) mass is 417 g/mol. The van der Waals surface area contributed by atoms with Crippen molar-refractivity contribution in [2.75, 3.05) is 38.6 Å². The van der Waals surface area contributed by atoms with E-state index in [-0.39, 0.29) is 4.90 Å². The number of hydrogen-bond acceptors (Lipinski definition) is 4. The van der Waals surface area contributed by atoms with Crippen LogP contribution in [0.3, 0.4) is 0 Å². The lowest BCUT2D eigenvalue weighted by Gasteiger charge is -2.24. The number of anilines is 1. The number of hydrogen-bond donors (Lipinski definition) is 3. The molecule has 8 heteroatoms. The summed E-state index contributed by atoms with van der Waals surface area (Å²) in [6.45, 7) is 7.21. The lowest BCUT2D eigenvalue weighted by atomic mass is 10.2. The van der Waals surface area contributed by atoms with Crippen molar-refractivity contribution in [3.05, 3.63) is 59.7 Å². The van der Waals surface area contributed by atoms with Crippen molar-refractivity contribution in [2.24, 2.45) is 4.99 Å². The van der Waals surface area contributed by atoms with Crippen LogP contribution in [0.2, 0.25) is 0 Å². The van der Waals surface area contributed by atoms with Crippen LogP contribution in [0, 0.1) is 6.92 Å². The second-order valence-electron chi connectivity index (χ2n) is 6.63. The van der Waals surface area contributed by atoms with Gasteiger partial charge in [-0.1, -0.05) is 24.3 Å². The maximum Gasteiger partial charge on any atom is 0.240 e. The van der Waals surface area contributed by atoms with Crippen LogP contribution in [0.1, 0.15) is 18.1 Å². The SMILES string of the molecule is CCN(CCNC(=NC)NCc1cccc(S(=O)(=O)NC)c1)c1cccc(C)c1. The van der Waals surface area contributed by atoms with Gasteiger partial charge >= 0.3 is 0 Å². The predicted octanol–water partition coefficient (Wildman–Crippen LogP) is 2.09. The highest BCUT2D eigenvalue weighted by molar-refractivity contribution is 7.89. The Bertz CT molecular complexity index is 928. The van der Waals surface area contributed by atoms with Crippen LogP contribution in [-0.2, 0) is 16.6 Å². The number of sulfonamides is 1. The first-order chi connectivity index (χ1) is 13.9. The fourth-order valence-corrected chi connectivity index (χ4v) is 3.75. The van der Waals surface area contributed by atoms with Gasteiger partial charge in [0.2, 0.25) is 10.0 Å². The van der Waals surface area contributed by atoms with Gasteiger partial charge in [0, 0.05) is 38.9 Å². The molecule has 0 spiro atoms. The molecule has 0 radical (unpaired) electrons. The van der Waals surface area contributed by atoms with E-state index in [9.17, 15) is 8.42 Å². The van der Waals surface area contributed by atoms with Gasteiger partial charge in [-0.05, 0) is 56.3 Å². The standard InChI is InChI=1S/C21H31N5O2S/c1-5-26(19-10-6-8-17(2)14-19)13-12-24-21(22-3)25-16-18-9-7-11-20(15-18)29(27,28)23-4/h6-11,14-15,23H,5,12-13,16H2,1-4H3,(H2,22,24,25). The van der Waals surface area contributed by atoms with Crippen molar-refractivity contribution >= 4 is 21.7 Å². The minimum Gasteiger partial charge on any atom is -0.370 e. The maximum absolute atomic E-state index is 11.9. The molecule has 0 aliphatic rings. The highest BCUT2D eigenvalue weighted by atomic mass is 32.2. The van der Waals surface area contributed by atoms with E-state index in [2.05, 4.69) is 63.4 Å². The number of benzene rings is 2. The van der Waals surface area contributed by atoms with Gasteiger partial charge in [-0.3, -0.25) is 4.99 Å². The fraction of sp³-hybridized carbons (Fsp3) is 0.381. The molecule has 0 fully saturated rings. The Labute approximate surface area is 174 Å². The Kier molecular flexibility index (Phi) is 8.48. The Hall–Kier alpha value is -2.58. The van der Waals surface area contributed by atoms with Crippen molar-refractivity contribution in [2.45, 2.75) is 25.3 Å². The fourth-order valence-electron chi connectivity index (χ4n) is 2.95. The minimum absolute atomic E-state index is 0.249. The maximum atomic E-state index is 11.9. The second-order valence-corrected chi connectivity index (χ2v) is 8.51. The number of nitrogens with zero attached hydrogens (tertiary/aromatic N) is 2. The van der Waals surface area contributed by atoms with Crippen molar-refractivity contribution in [1.82, 2.24) is 15.4 Å². The molecule has 2 aromatic rings. The van der Waals surface area contributed by atoms with Gasteiger partial charge in [0.05, 0.1) is 4.90 Å². The topological polar surface area (TPSA) is 85.8 Å². The molecule has 158 valence electrons. The number of likely N-dealkylation sites (N-methyl/N-ethyl adjacent to an activating group) is 1. The van der Waals surface area contributed by atoms with Gasteiger partial charge in [-0.15, -0.1) is 0 Å². The van der Waals surface area contributed by atoms with Crippen LogP contribution in [0.15, 0.2) is 58.4 Å². The van der Waals surface area contributed by atoms with E-state index < -0.39 is 10.0 Å². The lowest BCUT2D eigenvalue weighted by molar-refractivity contribution is 0.588. The Morgan fingerprint density at radius 1 is 1.10 bits per heavy atom. The number of rotatable bonds is 9. The largest absolute Gasteiger partial charge is 0.370 e. The molecular formula is C21H31N5O2S. The van der Waals surface area contributed by atoms with Crippen molar-refractivity contribution in [3.63, 3.8) is 0 Å². The highest BCUT2D eigenvalue weighted by Gasteiger charge is 2.11. The molecule has 0 aromatic heterocycles. The molecule has 3 N–H and O–H groups in total. The quantitative estimate of drug-likeness (QED) is 0.430. The smallest absolute Gasteiger partial charge is 0.240 e.